The molecule has 6 atom stereocenters. The van der Waals surface area contributed by atoms with Crippen molar-refractivity contribution in [1.82, 2.24) is 21.3 Å². The van der Waals surface area contributed by atoms with Crippen molar-refractivity contribution < 1.29 is 132 Å². The maximum absolute atomic E-state index is 12.5. The Morgan fingerprint density at radius 1 is 0.398 bits per heavy atom. The van der Waals surface area contributed by atoms with E-state index in [0.29, 0.717) is 26.6 Å². The molecule has 0 aliphatic carbocycles. The minimum atomic E-state index is -1.02. The van der Waals surface area contributed by atoms with Gasteiger partial charge in [-0.15, -0.1) is 0 Å². The molecule has 0 aromatic heterocycles. The third-order valence-electron chi connectivity index (χ3n) is 17.8. The normalized spacial score (nSPS) is 11.6. The Hall–Kier alpha value is -8.44. The smallest absolute Gasteiger partial charge is 0 e. The zero-order valence-electron chi connectivity index (χ0n) is 76.5. The number of hydrogen-bond acceptors (Lipinski definition) is 21. The van der Waals surface area contributed by atoms with Gasteiger partial charge >= 0.3 is 90.4 Å². The van der Waals surface area contributed by atoms with Gasteiger partial charge in [-0.1, -0.05) is 305 Å². The Morgan fingerprint density at radius 3 is 0.870 bits per heavy atom. The van der Waals surface area contributed by atoms with Crippen LogP contribution in [0.25, 0.3) is 0 Å². The van der Waals surface area contributed by atoms with E-state index in [0.717, 1.165) is 93.2 Å². The molecule has 0 aliphatic heterocycles. The third-order valence-corrected chi connectivity index (χ3v) is 18.5. The van der Waals surface area contributed by atoms with E-state index < -0.39 is 89.5 Å². The van der Waals surface area contributed by atoms with Crippen molar-refractivity contribution in [3.8, 4) is 0 Å². The number of alkyl halides is 1. The first-order valence-electron chi connectivity index (χ1n) is 41.1. The van der Waals surface area contributed by atoms with Gasteiger partial charge in [0.25, 0.3) is 5.97 Å². The van der Waals surface area contributed by atoms with Crippen molar-refractivity contribution in [3.63, 3.8) is 0 Å². The van der Waals surface area contributed by atoms with Crippen LogP contribution in [-0.2, 0) is 127 Å². The summed E-state index contributed by atoms with van der Waals surface area (Å²) in [4.78, 5) is 132. The van der Waals surface area contributed by atoms with E-state index in [9.17, 15) is 52.7 Å². The summed E-state index contributed by atoms with van der Waals surface area (Å²) in [6, 6.07) is 34.8. The molecule has 0 bridgehead atoms. The fraction of sp³-hybridized carbons (Fsp3) is 0.600. The fourth-order valence-electron chi connectivity index (χ4n) is 11.0. The number of carbonyl (C=O) groups is 11. The molecule has 0 heterocycles. The maximum Gasteiger partial charge on any atom is 0 e. The average molecular weight is 1890 g/mol. The Morgan fingerprint density at radius 2 is 0.642 bits per heavy atom. The predicted octanol–water partition coefficient (Wildman–Crippen LogP) is 16.8. The summed E-state index contributed by atoms with van der Waals surface area (Å²) in [7, 11) is 1.97. The molecule has 0 fully saturated rings. The molecule has 4 rings (SSSR count). The number of nitrogens with two attached hydrogens (primary N) is 2. The number of carboxylic acid groups (broad SMARTS) is 4. The van der Waals surface area contributed by atoms with Crippen molar-refractivity contribution in [2.24, 2.45) is 47.0 Å². The second kappa shape index (κ2) is 79.5. The van der Waals surface area contributed by atoms with Gasteiger partial charge in [-0.05, 0) is 99.3 Å². The first-order valence-corrected chi connectivity index (χ1v) is 42.2. The summed E-state index contributed by atoms with van der Waals surface area (Å²) in [6.45, 7) is 40.4. The van der Waals surface area contributed by atoms with Crippen LogP contribution in [0.3, 0.4) is 0 Å². The summed E-state index contributed by atoms with van der Waals surface area (Å²) < 4.78 is 35.7. The number of ether oxygens (including phenoxy) is 5. The van der Waals surface area contributed by atoms with Gasteiger partial charge in [0.2, 0.25) is 11.8 Å². The van der Waals surface area contributed by atoms with Crippen molar-refractivity contribution in [2.75, 3.05) is 6.51 Å². The number of halogens is 1. The number of rotatable bonds is 39. The number of alkyl carbamates (subject to hydrolysis) is 2. The van der Waals surface area contributed by atoms with E-state index in [1.54, 1.807) is 48.4 Å². The largest absolute Gasteiger partial charge is 0.358 e. The number of esters is 3. The van der Waals surface area contributed by atoms with Crippen molar-refractivity contribution in [3.05, 3.63) is 151 Å². The molecule has 0 spiro atoms. The summed E-state index contributed by atoms with van der Waals surface area (Å²) in [5, 5.41) is 45.0. The minimum absolute atomic E-state index is 0. The molecule has 4 aromatic rings. The maximum atomic E-state index is 12.5. The quantitative estimate of drug-likeness (QED) is 0.00290. The van der Waals surface area contributed by atoms with Crippen LogP contribution in [0.2, 0.25) is 6.82 Å². The van der Waals surface area contributed by atoms with Gasteiger partial charge in [-0.3, -0.25) is 24.0 Å². The zero-order valence-corrected chi connectivity index (χ0v) is 79.7. The number of benzene rings is 4. The molecular formula is C90H151B2BrN6O23Pd-. The van der Waals surface area contributed by atoms with Crippen molar-refractivity contribution >= 4 is 96.3 Å². The van der Waals surface area contributed by atoms with Gasteiger partial charge < -0.3 is 84.3 Å². The van der Waals surface area contributed by atoms with E-state index in [1.807, 2.05) is 192 Å². The Labute approximate surface area is 758 Å². The molecule has 4 aromatic carbocycles. The molecule has 0 saturated heterocycles. The van der Waals surface area contributed by atoms with Crippen LogP contribution in [0.5, 0.6) is 0 Å². The molecule has 4 amide bonds. The fourth-order valence-corrected chi connectivity index (χ4v) is 11.4. The average Bonchev–Trinajstić information content (AvgIpc) is 0.864. The Balaban J connectivity index is -0.000000208. The van der Waals surface area contributed by atoms with Crippen LogP contribution >= 0.6 is 15.9 Å². The van der Waals surface area contributed by atoms with Crippen LogP contribution in [0.15, 0.2) is 121 Å². The predicted molar refractivity (Wildman–Crippen MR) is 484 cm³/mol. The van der Waals surface area contributed by atoms with E-state index in [1.165, 1.54) is 26.9 Å². The number of carboxylic acids is 4. The standard InChI is InChI=1S/C19H29NO4.C16H23NO3.C14H21NO2.C12H23NO4.C9H17NO3.C7H7Br.C7H15NO2.C2H5B2O3.C2H4O2.CH4.CH3.Pd/c1-6-15(7-2)16(20-18(22)24-19(3,4)5)17(21)23-13-14-11-9-8-10-12-14;1-4-14(5-2)15(17-12(3)18)16(19)20-11-13-9-7-6-8-10-13;1-3-12(4-2)13(15)14(16)17-10-11-8-6-5-7-9-11;1-6-8(7-2)9(10(14)15)13-11(16)17-12(3,4)5;1-4-7(5-2)8(9(12)13)10-6(3)11;8-6-7-4-2-1-3-5-7;1-3-5(4-2)6(8)7(9)10;1-3-7-6-2-4-5;1-2(3)4;;;/h8-12,15-16H,6-7,13H2,1-5H3,(H,20,22);6-10,14-15H,4-5,11H2,1-3H3,(H,17,18);5-9,12-13H,3-4,10,15H2,1-2H3;8-9H,6-7H2,1-5H3,(H,13,16)(H,14,15);7-8H,4-5H2,1-3H3,(H,10,11)(H,12,13);1-5H,6H2;5-6H,3-4,8H2,1-2H3,(H,9,10);2H2,1H3;1H3,(H,3,4);1H4;1H3;/q;;;;;;;;;;-1;/t16-;15-;13-;9-;8-;;6-;;;;;/m00000.0...../s1. The van der Waals surface area contributed by atoms with Crippen molar-refractivity contribution in [2.45, 2.75) is 309 Å². The summed E-state index contributed by atoms with van der Waals surface area (Å²) in [5.74, 6) is -4.95. The minimum Gasteiger partial charge on any atom is -0.358 e. The van der Waals surface area contributed by atoms with Crippen LogP contribution in [0, 0.1) is 42.9 Å². The molecule has 33 heteroatoms. The second-order valence-corrected chi connectivity index (χ2v) is 29.9. The van der Waals surface area contributed by atoms with Crippen LogP contribution in [0.1, 0.15) is 252 Å². The van der Waals surface area contributed by atoms with E-state index in [4.69, 9.17) is 60.4 Å². The molecule has 12 N–H and O–H groups in total. The van der Waals surface area contributed by atoms with E-state index in [-0.39, 0.29) is 114 Å². The summed E-state index contributed by atoms with van der Waals surface area (Å²) in [5.41, 5.74) is 14.2. The van der Waals surface area contributed by atoms with Gasteiger partial charge in [0.05, 0.1) is 0 Å². The van der Waals surface area contributed by atoms with Crippen LogP contribution in [-0.4, -0.2) is 155 Å². The molecule has 0 aliphatic rings. The van der Waals surface area contributed by atoms with Gasteiger partial charge in [-0.2, -0.15) is 0 Å². The Bertz CT molecular complexity index is 3380. The van der Waals surface area contributed by atoms with Gasteiger partial charge in [0.15, 0.2) is 0 Å². The molecule has 29 nitrogen and oxygen atoms in total. The number of hydrogen-bond donors (Lipinski definition) is 10. The van der Waals surface area contributed by atoms with Crippen LogP contribution in [0.4, 0.5) is 9.59 Å². The molecule has 703 valence electrons. The van der Waals surface area contributed by atoms with Gasteiger partial charge in [-0.25, -0.2) is 28.8 Å². The Kier molecular flexibility index (Phi) is 84.1. The van der Waals surface area contributed by atoms with Crippen LogP contribution < -0.4 is 32.7 Å². The molecule has 123 heavy (non-hydrogen) atoms. The first kappa shape index (κ1) is 130. The van der Waals surface area contributed by atoms with E-state index in [2.05, 4.69) is 59.0 Å². The van der Waals surface area contributed by atoms with Crippen molar-refractivity contribution in [1.29, 1.82) is 0 Å². The number of aliphatic carboxylic acids is 4. The monoisotopic (exact) mass is 1890 g/mol. The third kappa shape index (κ3) is 69.5. The zero-order chi connectivity index (χ0) is 92.9. The summed E-state index contributed by atoms with van der Waals surface area (Å²) >= 11 is 3.36. The number of nitrogens with one attached hydrogen (secondary N) is 4. The molecular weight excluding hydrogens is 1740 g/mol. The van der Waals surface area contributed by atoms with Gasteiger partial charge in [0.1, 0.15) is 67.3 Å². The number of carbonyl (C=O) groups excluding carboxylic acids is 7. The second-order valence-electron chi connectivity index (χ2n) is 29.3. The topological polar surface area (TPSA) is 451 Å². The molecule has 1 radical (unpaired) electrons. The molecule has 0 unspecified atom stereocenters. The SMILES string of the molecule is BrCc1ccccc1.C.CC(=O)O.CCC(CC)[C@H](N)C(=O)O.CCC(CC)[C@H](N)C(=O)OCc1ccccc1.CCC(CC)[C@H](NC(=O)OC(C)(C)C)C(=O)O.CCC(CC)[C@H](NC(=O)OC(C)(C)C)C(=O)OCc1ccccc1.CCC(CC)[C@H](NC(C)=O)C(=O)O.CCC(CC)[C@H](NC(C)=O)C(=O)OCc1ccccc1.C[B]OOCB=O.[CH3-].[Pd]. The van der Waals surface area contributed by atoms with Gasteiger partial charge in [0, 0.05) is 46.5 Å². The first-order chi connectivity index (χ1) is 56.5. The number of amides is 4. The molecule has 0 saturated carbocycles. The van der Waals surface area contributed by atoms with E-state index >= 15 is 0 Å². The summed E-state index contributed by atoms with van der Waals surface area (Å²) in [6.07, 6.45) is 8.27.